The van der Waals surface area contributed by atoms with E-state index in [1.807, 2.05) is 24.3 Å². The third-order valence-corrected chi connectivity index (χ3v) is 3.39. The molecule has 130 valence electrons. The van der Waals surface area contributed by atoms with Gasteiger partial charge in [0.25, 0.3) is 5.56 Å². The van der Waals surface area contributed by atoms with Gasteiger partial charge in [-0.3, -0.25) is 10.2 Å². The maximum atomic E-state index is 12.0. The van der Waals surface area contributed by atoms with Crippen molar-refractivity contribution in [2.75, 3.05) is 19.6 Å². The van der Waals surface area contributed by atoms with Crippen LogP contribution in [0.4, 0.5) is 5.82 Å². The number of methoxy groups -OCH3 is 2. The Labute approximate surface area is 150 Å². The van der Waals surface area contributed by atoms with Crippen LogP contribution in [0.25, 0.3) is 11.0 Å². The second-order valence-corrected chi connectivity index (χ2v) is 4.92. The van der Waals surface area contributed by atoms with Gasteiger partial charge in [-0.1, -0.05) is 12.1 Å². The lowest BCUT2D eigenvalue weighted by atomic mass is 10.2. The number of rotatable bonds is 5. The van der Waals surface area contributed by atoms with E-state index < -0.39 is 0 Å². The van der Waals surface area contributed by atoms with Crippen molar-refractivity contribution >= 4 is 23.1 Å². The van der Waals surface area contributed by atoms with E-state index in [-0.39, 0.29) is 23.8 Å². The number of benzene rings is 2. The molecule has 7 nitrogen and oxygen atoms in total. The van der Waals surface area contributed by atoms with E-state index in [0.29, 0.717) is 22.5 Å². The standard InChI is InChI=1S/C17H16N4O3.ClH/c1-23-14-8-7-11(9-15(14)24-2)10-18-21-16-17(22)20-13-6-4-3-5-12(13)19-16;/h3-10H,1-2H3,(H,19,21)(H,20,22);1H/p-1/b18-10+;. The van der Waals surface area contributed by atoms with Crippen LogP contribution in [0.5, 0.6) is 11.5 Å². The van der Waals surface area contributed by atoms with Gasteiger partial charge in [0, 0.05) is 0 Å². The molecule has 0 fully saturated rings. The number of aromatic nitrogens is 2. The Balaban J connectivity index is 0.00000225. The minimum absolute atomic E-state index is 0. The van der Waals surface area contributed by atoms with Gasteiger partial charge in [-0.15, -0.1) is 0 Å². The van der Waals surface area contributed by atoms with Gasteiger partial charge in [0.05, 0.1) is 31.5 Å². The molecule has 0 saturated heterocycles. The Morgan fingerprint density at radius 2 is 1.88 bits per heavy atom. The van der Waals surface area contributed by atoms with Crippen LogP contribution in [0.3, 0.4) is 0 Å². The highest BCUT2D eigenvalue weighted by Gasteiger charge is 2.04. The number of halogens is 1. The third kappa shape index (κ3) is 4.07. The number of H-pyrrole nitrogens is 1. The summed E-state index contributed by atoms with van der Waals surface area (Å²) in [6.45, 7) is 0. The highest BCUT2D eigenvalue weighted by molar-refractivity contribution is 5.81. The topological polar surface area (TPSA) is 88.6 Å². The van der Waals surface area contributed by atoms with Gasteiger partial charge in [-0.05, 0) is 35.9 Å². The molecular weight excluding hydrogens is 344 g/mol. The van der Waals surface area contributed by atoms with Gasteiger partial charge >= 0.3 is 0 Å². The molecule has 0 amide bonds. The fraction of sp³-hybridized carbons (Fsp3) is 0.118. The molecule has 3 rings (SSSR count). The molecule has 2 aromatic carbocycles. The van der Waals surface area contributed by atoms with E-state index in [0.717, 1.165) is 5.56 Å². The van der Waals surface area contributed by atoms with Crippen LogP contribution in [0.2, 0.25) is 0 Å². The van der Waals surface area contributed by atoms with Crippen molar-refractivity contribution in [3.8, 4) is 11.5 Å². The van der Waals surface area contributed by atoms with E-state index in [1.165, 1.54) is 0 Å². The number of hydrazone groups is 1. The summed E-state index contributed by atoms with van der Waals surface area (Å²) >= 11 is 0. The first kappa shape index (κ1) is 18.3. The average Bonchev–Trinajstić information content (AvgIpc) is 2.62. The van der Waals surface area contributed by atoms with Crippen LogP contribution >= 0.6 is 0 Å². The Morgan fingerprint density at radius 1 is 1.12 bits per heavy atom. The SMILES string of the molecule is COc1ccc(/C=N/Nc2nc3ccccc3[nH]c2=O)cc1OC.[Cl-]. The summed E-state index contributed by atoms with van der Waals surface area (Å²) in [7, 11) is 3.14. The second-order valence-electron chi connectivity index (χ2n) is 4.92. The summed E-state index contributed by atoms with van der Waals surface area (Å²) in [4.78, 5) is 19.0. The molecule has 0 atom stereocenters. The maximum absolute atomic E-state index is 12.0. The molecule has 0 aliphatic carbocycles. The molecule has 0 bridgehead atoms. The summed E-state index contributed by atoms with van der Waals surface area (Å²) in [5.41, 5.74) is 4.48. The zero-order valence-corrected chi connectivity index (χ0v) is 14.4. The van der Waals surface area contributed by atoms with E-state index in [9.17, 15) is 4.79 Å². The van der Waals surface area contributed by atoms with E-state index in [4.69, 9.17) is 9.47 Å². The van der Waals surface area contributed by atoms with Gasteiger partial charge in [0.2, 0.25) is 5.82 Å². The molecule has 1 aromatic heterocycles. The number of hydrogen-bond donors (Lipinski definition) is 2. The number of nitrogens with one attached hydrogen (secondary N) is 2. The smallest absolute Gasteiger partial charge is 0.293 e. The number of anilines is 1. The maximum Gasteiger partial charge on any atom is 0.293 e. The van der Waals surface area contributed by atoms with E-state index in [2.05, 4.69) is 20.5 Å². The molecule has 0 spiro atoms. The number of aromatic amines is 1. The summed E-state index contributed by atoms with van der Waals surface area (Å²) in [6, 6.07) is 12.7. The molecule has 0 unspecified atom stereocenters. The molecule has 2 N–H and O–H groups in total. The minimum atomic E-state index is -0.335. The lowest BCUT2D eigenvalue weighted by Crippen LogP contribution is -3.00. The minimum Gasteiger partial charge on any atom is -1.00 e. The summed E-state index contributed by atoms with van der Waals surface area (Å²) in [5, 5.41) is 4.06. The molecule has 8 heteroatoms. The van der Waals surface area contributed by atoms with Crippen molar-refractivity contribution < 1.29 is 21.9 Å². The highest BCUT2D eigenvalue weighted by atomic mass is 35.5. The molecule has 0 aliphatic heterocycles. The quantitative estimate of drug-likeness (QED) is 0.469. The van der Waals surface area contributed by atoms with Crippen LogP contribution in [0.15, 0.2) is 52.4 Å². The number of nitrogens with zero attached hydrogens (tertiary/aromatic N) is 2. The van der Waals surface area contributed by atoms with Crippen LogP contribution in [0.1, 0.15) is 5.56 Å². The van der Waals surface area contributed by atoms with Crippen molar-refractivity contribution in [1.82, 2.24) is 9.97 Å². The van der Waals surface area contributed by atoms with Crippen molar-refractivity contribution in [3.05, 3.63) is 58.4 Å². The zero-order chi connectivity index (χ0) is 16.9. The zero-order valence-electron chi connectivity index (χ0n) is 13.6. The van der Waals surface area contributed by atoms with Crippen molar-refractivity contribution in [2.45, 2.75) is 0 Å². The predicted octanol–water partition coefficient (Wildman–Crippen LogP) is -0.610. The summed E-state index contributed by atoms with van der Waals surface area (Å²) in [6.07, 6.45) is 1.57. The molecule has 3 aromatic rings. The van der Waals surface area contributed by atoms with Crippen molar-refractivity contribution in [1.29, 1.82) is 0 Å². The first-order chi connectivity index (χ1) is 11.7. The number of para-hydroxylation sites is 2. The summed E-state index contributed by atoms with van der Waals surface area (Å²) < 4.78 is 10.4. The van der Waals surface area contributed by atoms with Crippen LogP contribution < -0.4 is 32.9 Å². The first-order valence-electron chi connectivity index (χ1n) is 7.21. The normalized spacial score (nSPS) is 10.5. The fourth-order valence-corrected chi connectivity index (χ4v) is 2.21. The van der Waals surface area contributed by atoms with Crippen molar-refractivity contribution in [2.24, 2.45) is 5.10 Å². The Morgan fingerprint density at radius 3 is 2.64 bits per heavy atom. The molecule has 0 aliphatic rings. The van der Waals surface area contributed by atoms with Crippen LogP contribution in [-0.2, 0) is 0 Å². The van der Waals surface area contributed by atoms with Crippen LogP contribution in [0, 0.1) is 0 Å². The average molecular weight is 360 g/mol. The molecular formula is C17H16ClN4O3-. The molecule has 0 radical (unpaired) electrons. The van der Waals surface area contributed by atoms with Crippen LogP contribution in [-0.4, -0.2) is 30.4 Å². The molecule has 1 heterocycles. The first-order valence-corrected chi connectivity index (χ1v) is 7.21. The van der Waals surface area contributed by atoms with E-state index in [1.54, 1.807) is 38.6 Å². The predicted molar refractivity (Wildman–Crippen MR) is 93.1 cm³/mol. The monoisotopic (exact) mass is 359 g/mol. The van der Waals surface area contributed by atoms with Crippen molar-refractivity contribution in [3.63, 3.8) is 0 Å². The largest absolute Gasteiger partial charge is 1.00 e. The van der Waals surface area contributed by atoms with Gasteiger partial charge in [0.1, 0.15) is 0 Å². The lowest BCUT2D eigenvalue weighted by Gasteiger charge is -2.07. The highest BCUT2D eigenvalue weighted by Crippen LogP contribution is 2.26. The van der Waals surface area contributed by atoms with Gasteiger partial charge in [-0.2, -0.15) is 5.10 Å². The molecule has 0 saturated carbocycles. The molecule has 25 heavy (non-hydrogen) atoms. The summed E-state index contributed by atoms with van der Waals surface area (Å²) in [5.74, 6) is 1.36. The van der Waals surface area contributed by atoms with Gasteiger partial charge in [-0.25, -0.2) is 4.98 Å². The number of fused-ring (bicyclic) bond motifs is 1. The third-order valence-electron chi connectivity index (χ3n) is 3.39. The Kier molecular flexibility index (Phi) is 5.97. The van der Waals surface area contributed by atoms with Gasteiger partial charge < -0.3 is 26.9 Å². The number of ether oxygens (including phenoxy) is 2. The second kappa shape index (κ2) is 8.16. The Hall–Kier alpha value is -3.06. The lowest BCUT2D eigenvalue weighted by molar-refractivity contribution is -0.00000548. The number of hydrogen-bond acceptors (Lipinski definition) is 6. The Bertz CT molecular complexity index is 956. The van der Waals surface area contributed by atoms with Gasteiger partial charge in [0.15, 0.2) is 11.5 Å². The van der Waals surface area contributed by atoms with E-state index >= 15 is 0 Å². The fourth-order valence-electron chi connectivity index (χ4n) is 2.21.